The fourth-order valence-corrected chi connectivity index (χ4v) is 2.74. The minimum absolute atomic E-state index is 0.0406. The molecular formula is C16H23NO4. The normalized spacial score (nSPS) is 24.8. The molecule has 1 aromatic rings. The van der Waals surface area contributed by atoms with Gasteiger partial charge in [0.25, 0.3) is 0 Å². The summed E-state index contributed by atoms with van der Waals surface area (Å²) in [6.07, 6.45) is 1.42. The molecule has 1 heterocycles. The fourth-order valence-electron chi connectivity index (χ4n) is 2.74. The standard InChI is InChI=1S/C16H23NO4/c1-3-21-16(19)13-10-15(18)17-14(13)9-6-11-4-7-12(20-2)8-5-11/h4-5,7-8,13-15,17-18H,3,6,9-10H2,1-2H3. The number of carbonyl (C=O) groups excluding carboxylic acids is 1. The average molecular weight is 293 g/mol. The first-order valence-corrected chi connectivity index (χ1v) is 7.37. The number of rotatable bonds is 6. The SMILES string of the molecule is CCOC(=O)C1CC(O)NC1CCc1ccc(OC)cc1. The second-order valence-electron chi connectivity index (χ2n) is 5.27. The maximum absolute atomic E-state index is 11.9. The number of carbonyl (C=O) groups is 1. The van der Waals surface area contributed by atoms with Gasteiger partial charge in [-0.1, -0.05) is 12.1 Å². The molecule has 116 valence electrons. The number of hydrogen-bond donors (Lipinski definition) is 2. The summed E-state index contributed by atoms with van der Waals surface area (Å²) in [6.45, 7) is 2.17. The van der Waals surface area contributed by atoms with Crippen LogP contribution in [0.3, 0.4) is 0 Å². The van der Waals surface area contributed by atoms with Gasteiger partial charge in [0, 0.05) is 12.5 Å². The van der Waals surface area contributed by atoms with Crippen molar-refractivity contribution in [3.8, 4) is 5.75 Å². The molecule has 1 aromatic carbocycles. The van der Waals surface area contributed by atoms with Gasteiger partial charge in [-0.25, -0.2) is 0 Å². The molecule has 5 nitrogen and oxygen atoms in total. The van der Waals surface area contributed by atoms with Gasteiger partial charge >= 0.3 is 5.97 Å². The summed E-state index contributed by atoms with van der Waals surface area (Å²) in [5, 5.41) is 12.8. The van der Waals surface area contributed by atoms with Crippen LogP contribution in [0.5, 0.6) is 5.75 Å². The summed E-state index contributed by atoms with van der Waals surface area (Å²) in [6, 6.07) is 7.85. The van der Waals surface area contributed by atoms with E-state index in [0.29, 0.717) is 13.0 Å². The quantitative estimate of drug-likeness (QED) is 0.778. The molecule has 0 bridgehead atoms. The molecule has 1 aliphatic heterocycles. The lowest BCUT2D eigenvalue weighted by Crippen LogP contribution is -2.34. The van der Waals surface area contributed by atoms with Crippen molar-refractivity contribution in [3.05, 3.63) is 29.8 Å². The Labute approximate surface area is 125 Å². The van der Waals surface area contributed by atoms with E-state index in [2.05, 4.69) is 5.32 Å². The lowest BCUT2D eigenvalue weighted by atomic mass is 9.95. The number of hydrogen-bond acceptors (Lipinski definition) is 5. The van der Waals surface area contributed by atoms with Crippen LogP contribution < -0.4 is 10.1 Å². The summed E-state index contributed by atoms with van der Waals surface area (Å²) < 4.78 is 10.2. The lowest BCUT2D eigenvalue weighted by Gasteiger charge is -2.17. The first-order chi connectivity index (χ1) is 10.1. The van der Waals surface area contributed by atoms with E-state index in [1.807, 2.05) is 24.3 Å². The van der Waals surface area contributed by atoms with Crippen molar-refractivity contribution in [2.75, 3.05) is 13.7 Å². The van der Waals surface area contributed by atoms with E-state index in [4.69, 9.17) is 9.47 Å². The number of nitrogens with one attached hydrogen (secondary N) is 1. The predicted molar refractivity (Wildman–Crippen MR) is 79.0 cm³/mol. The molecule has 0 spiro atoms. The molecule has 2 N–H and O–H groups in total. The summed E-state index contributed by atoms with van der Waals surface area (Å²) in [7, 11) is 1.64. The van der Waals surface area contributed by atoms with Crippen LogP contribution in [0.2, 0.25) is 0 Å². The summed E-state index contributed by atoms with van der Waals surface area (Å²) >= 11 is 0. The van der Waals surface area contributed by atoms with Gasteiger partial charge in [-0.3, -0.25) is 10.1 Å². The lowest BCUT2D eigenvalue weighted by molar-refractivity contribution is -0.148. The first-order valence-electron chi connectivity index (χ1n) is 7.37. The first kappa shape index (κ1) is 15.8. The zero-order valence-electron chi connectivity index (χ0n) is 12.5. The van der Waals surface area contributed by atoms with E-state index >= 15 is 0 Å². The van der Waals surface area contributed by atoms with E-state index in [0.717, 1.165) is 18.6 Å². The van der Waals surface area contributed by atoms with Crippen LogP contribution in [-0.4, -0.2) is 37.1 Å². The zero-order valence-corrected chi connectivity index (χ0v) is 12.5. The summed E-state index contributed by atoms with van der Waals surface area (Å²) in [5.41, 5.74) is 1.18. The van der Waals surface area contributed by atoms with Crippen molar-refractivity contribution in [3.63, 3.8) is 0 Å². The highest BCUT2D eigenvalue weighted by molar-refractivity contribution is 5.73. The number of benzene rings is 1. The third-order valence-electron chi connectivity index (χ3n) is 3.86. The van der Waals surface area contributed by atoms with Crippen LogP contribution in [-0.2, 0) is 16.0 Å². The molecule has 1 saturated heterocycles. The van der Waals surface area contributed by atoms with Crippen LogP contribution >= 0.6 is 0 Å². The van der Waals surface area contributed by atoms with Crippen molar-refractivity contribution in [1.82, 2.24) is 5.32 Å². The third-order valence-corrected chi connectivity index (χ3v) is 3.86. The predicted octanol–water partition coefficient (Wildman–Crippen LogP) is 1.49. The van der Waals surface area contributed by atoms with Crippen LogP contribution in [0, 0.1) is 5.92 Å². The molecule has 0 saturated carbocycles. The maximum Gasteiger partial charge on any atom is 0.310 e. The minimum atomic E-state index is -0.625. The Kier molecular flexibility index (Phi) is 5.59. The Morgan fingerprint density at radius 2 is 2.10 bits per heavy atom. The number of esters is 1. The molecule has 3 atom stereocenters. The van der Waals surface area contributed by atoms with Crippen molar-refractivity contribution in [1.29, 1.82) is 0 Å². The number of methoxy groups -OCH3 is 1. The van der Waals surface area contributed by atoms with Gasteiger partial charge in [-0.2, -0.15) is 0 Å². The van der Waals surface area contributed by atoms with Crippen molar-refractivity contribution >= 4 is 5.97 Å². The minimum Gasteiger partial charge on any atom is -0.497 e. The largest absolute Gasteiger partial charge is 0.497 e. The van der Waals surface area contributed by atoms with Crippen LogP contribution in [0.4, 0.5) is 0 Å². The zero-order chi connectivity index (χ0) is 15.2. The van der Waals surface area contributed by atoms with Crippen LogP contribution in [0.25, 0.3) is 0 Å². The summed E-state index contributed by atoms with van der Waals surface area (Å²) in [5.74, 6) is 0.344. The monoisotopic (exact) mass is 293 g/mol. The van der Waals surface area contributed by atoms with E-state index in [9.17, 15) is 9.90 Å². The van der Waals surface area contributed by atoms with Gasteiger partial charge in [0.15, 0.2) is 0 Å². The van der Waals surface area contributed by atoms with Gasteiger partial charge in [-0.15, -0.1) is 0 Å². The Bertz CT molecular complexity index is 460. The molecule has 5 heteroatoms. The highest BCUT2D eigenvalue weighted by Crippen LogP contribution is 2.25. The molecular weight excluding hydrogens is 270 g/mol. The number of ether oxygens (including phenoxy) is 2. The highest BCUT2D eigenvalue weighted by atomic mass is 16.5. The number of aliphatic hydroxyl groups excluding tert-OH is 1. The van der Waals surface area contributed by atoms with Gasteiger partial charge in [0.2, 0.25) is 0 Å². The molecule has 0 aliphatic carbocycles. The van der Waals surface area contributed by atoms with E-state index in [1.165, 1.54) is 5.56 Å². The molecule has 2 rings (SSSR count). The van der Waals surface area contributed by atoms with Gasteiger partial charge in [0.05, 0.1) is 19.6 Å². The Balaban J connectivity index is 1.91. The van der Waals surface area contributed by atoms with E-state index < -0.39 is 6.23 Å². The average Bonchev–Trinajstić information content (AvgIpc) is 2.87. The topological polar surface area (TPSA) is 67.8 Å². The van der Waals surface area contributed by atoms with Crippen molar-refractivity contribution in [2.45, 2.75) is 38.5 Å². The Morgan fingerprint density at radius 1 is 1.38 bits per heavy atom. The molecule has 21 heavy (non-hydrogen) atoms. The Hall–Kier alpha value is -1.59. The molecule has 1 fully saturated rings. The van der Waals surface area contributed by atoms with Gasteiger partial charge < -0.3 is 14.6 Å². The number of aryl methyl sites for hydroxylation is 1. The third kappa shape index (κ3) is 4.19. The molecule has 0 radical (unpaired) electrons. The maximum atomic E-state index is 11.9. The second-order valence-corrected chi connectivity index (χ2v) is 5.27. The van der Waals surface area contributed by atoms with Gasteiger partial charge in [-0.05, 0) is 37.5 Å². The van der Waals surface area contributed by atoms with E-state index in [1.54, 1.807) is 14.0 Å². The van der Waals surface area contributed by atoms with Crippen molar-refractivity contribution < 1.29 is 19.4 Å². The Morgan fingerprint density at radius 3 is 2.71 bits per heavy atom. The highest BCUT2D eigenvalue weighted by Gasteiger charge is 2.38. The fraction of sp³-hybridized carbons (Fsp3) is 0.562. The molecule has 3 unspecified atom stereocenters. The molecule has 0 amide bonds. The number of aliphatic hydroxyl groups is 1. The summed E-state index contributed by atoms with van der Waals surface area (Å²) in [4.78, 5) is 11.9. The van der Waals surface area contributed by atoms with Crippen LogP contribution in [0.1, 0.15) is 25.3 Å². The van der Waals surface area contributed by atoms with Gasteiger partial charge in [0.1, 0.15) is 12.0 Å². The molecule has 1 aliphatic rings. The second kappa shape index (κ2) is 7.43. The van der Waals surface area contributed by atoms with Crippen LogP contribution in [0.15, 0.2) is 24.3 Å². The van der Waals surface area contributed by atoms with Crippen molar-refractivity contribution in [2.24, 2.45) is 5.92 Å². The van der Waals surface area contributed by atoms with E-state index in [-0.39, 0.29) is 17.9 Å². The molecule has 0 aromatic heterocycles. The smallest absolute Gasteiger partial charge is 0.310 e.